The molecule has 2 N–H and O–H groups in total. The number of carbonyl (C=O) groups is 1. The smallest absolute Gasteiger partial charge is 0.240 e. The summed E-state index contributed by atoms with van der Waals surface area (Å²) in [6.45, 7) is 5.98. The van der Waals surface area contributed by atoms with Gasteiger partial charge < -0.3 is 5.32 Å². The van der Waals surface area contributed by atoms with Crippen LogP contribution in [0.25, 0.3) is 0 Å². The molecule has 0 fully saturated rings. The number of sulfonamides is 1. The number of amides is 1. The average molecular weight is 375 g/mol. The van der Waals surface area contributed by atoms with Crippen molar-refractivity contribution in [3.63, 3.8) is 0 Å². The van der Waals surface area contributed by atoms with Gasteiger partial charge in [-0.15, -0.1) is 0 Å². The van der Waals surface area contributed by atoms with E-state index in [0.717, 1.165) is 17.5 Å². The largest absolute Gasteiger partial charge is 0.349 e. The lowest BCUT2D eigenvalue weighted by Gasteiger charge is -2.18. The fourth-order valence-corrected chi connectivity index (χ4v) is 3.62. The van der Waals surface area contributed by atoms with Gasteiger partial charge in [-0.2, -0.15) is 0 Å². The molecule has 5 nitrogen and oxygen atoms in total. The van der Waals surface area contributed by atoms with Crippen molar-refractivity contribution in [3.05, 3.63) is 65.2 Å². The third-order valence-corrected chi connectivity index (χ3v) is 5.68. The van der Waals surface area contributed by atoms with Crippen LogP contribution < -0.4 is 10.0 Å². The van der Waals surface area contributed by atoms with E-state index in [2.05, 4.69) is 10.0 Å². The van der Waals surface area contributed by atoms with E-state index in [9.17, 15) is 13.2 Å². The van der Waals surface area contributed by atoms with Gasteiger partial charge in [-0.3, -0.25) is 4.79 Å². The second kappa shape index (κ2) is 8.96. The van der Waals surface area contributed by atoms with Crippen molar-refractivity contribution in [1.29, 1.82) is 0 Å². The number of hydrogen-bond acceptors (Lipinski definition) is 3. The van der Waals surface area contributed by atoms with E-state index in [1.807, 2.05) is 45.0 Å². The molecule has 6 heteroatoms. The first-order chi connectivity index (χ1) is 12.3. The van der Waals surface area contributed by atoms with Crippen LogP contribution in [0.15, 0.2) is 53.4 Å². The van der Waals surface area contributed by atoms with Gasteiger partial charge >= 0.3 is 0 Å². The molecule has 0 spiro atoms. The van der Waals surface area contributed by atoms with Crippen molar-refractivity contribution in [2.45, 2.75) is 44.6 Å². The summed E-state index contributed by atoms with van der Waals surface area (Å²) < 4.78 is 26.9. The van der Waals surface area contributed by atoms with Crippen molar-refractivity contribution < 1.29 is 13.2 Å². The van der Waals surface area contributed by atoms with Crippen LogP contribution in [0.2, 0.25) is 0 Å². The molecule has 0 saturated carbocycles. The van der Waals surface area contributed by atoms with Crippen LogP contribution in [0.3, 0.4) is 0 Å². The third kappa shape index (κ3) is 5.68. The van der Waals surface area contributed by atoms with Crippen molar-refractivity contribution in [2.75, 3.05) is 6.54 Å². The van der Waals surface area contributed by atoms with Gasteiger partial charge in [0.1, 0.15) is 0 Å². The zero-order valence-electron chi connectivity index (χ0n) is 15.5. The Morgan fingerprint density at radius 1 is 0.962 bits per heavy atom. The maximum Gasteiger partial charge on any atom is 0.240 e. The van der Waals surface area contributed by atoms with Crippen LogP contribution >= 0.6 is 0 Å². The summed E-state index contributed by atoms with van der Waals surface area (Å²) in [5.74, 6) is -0.177. The summed E-state index contributed by atoms with van der Waals surface area (Å²) in [4.78, 5) is 12.4. The van der Waals surface area contributed by atoms with Crippen LogP contribution in [-0.4, -0.2) is 20.9 Å². The zero-order chi connectivity index (χ0) is 19.2. The second-order valence-corrected chi connectivity index (χ2v) is 8.17. The molecule has 26 heavy (non-hydrogen) atoms. The van der Waals surface area contributed by atoms with Crippen molar-refractivity contribution in [3.8, 4) is 0 Å². The SMILES string of the molecule is CC[C@H](NC(=O)CCNS(=O)(=O)c1ccc(C)cc1)c1ccc(C)cc1. The van der Waals surface area contributed by atoms with E-state index in [1.54, 1.807) is 24.3 Å². The maximum absolute atomic E-state index is 12.2. The standard InChI is InChI=1S/C20H26N2O3S/c1-4-19(17-9-5-15(2)6-10-17)22-20(23)13-14-21-26(24,25)18-11-7-16(3)8-12-18/h5-12,19,21H,4,13-14H2,1-3H3,(H,22,23)/t19-/m0/s1. The Labute approximate surface area is 155 Å². The lowest BCUT2D eigenvalue weighted by molar-refractivity contribution is -0.121. The summed E-state index contributed by atoms with van der Waals surface area (Å²) >= 11 is 0. The Balaban J connectivity index is 1.87. The molecule has 1 atom stereocenters. The van der Waals surface area contributed by atoms with Gasteiger partial charge in [0.25, 0.3) is 0 Å². The predicted molar refractivity (Wildman–Crippen MR) is 103 cm³/mol. The van der Waals surface area contributed by atoms with E-state index in [1.165, 1.54) is 5.56 Å². The van der Waals surface area contributed by atoms with Crippen molar-refractivity contribution in [2.24, 2.45) is 0 Å². The Morgan fingerprint density at radius 2 is 1.50 bits per heavy atom. The summed E-state index contributed by atoms with van der Waals surface area (Å²) in [5, 5.41) is 2.96. The Kier molecular flexibility index (Phi) is 6.94. The summed E-state index contributed by atoms with van der Waals surface area (Å²) in [7, 11) is -3.59. The highest BCUT2D eigenvalue weighted by Gasteiger charge is 2.16. The molecule has 0 radical (unpaired) electrons. The number of hydrogen-bond donors (Lipinski definition) is 2. The number of aryl methyl sites for hydroxylation is 2. The molecule has 0 saturated heterocycles. The molecule has 0 aliphatic heterocycles. The number of nitrogens with one attached hydrogen (secondary N) is 2. The minimum atomic E-state index is -3.59. The topological polar surface area (TPSA) is 75.3 Å². The van der Waals surface area contributed by atoms with Gasteiger partial charge in [0.15, 0.2) is 0 Å². The Hall–Kier alpha value is -2.18. The summed E-state index contributed by atoms with van der Waals surface area (Å²) in [5.41, 5.74) is 3.21. The van der Waals surface area contributed by atoms with E-state index in [-0.39, 0.29) is 29.8 Å². The molecule has 0 aliphatic rings. The minimum absolute atomic E-state index is 0.0619. The zero-order valence-corrected chi connectivity index (χ0v) is 16.3. The molecule has 2 aromatic rings. The molecule has 0 bridgehead atoms. The van der Waals surface area contributed by atoms with Gasteiger partial charge in [0, 0.05) is 13.0 Å². The van der Waals surface area contributed by atoms with Gasteiger partial charge in [-0.05, 0) is 38.0 Å². The highest BCUT2D eigenvalue weighted by atomic mass is 32.2. The Bertz CT molecular complexity index is 828. The van der Waals surface area contributed by atoms with Crippen LogP contribution in [0, 0.1) is 13.8 Å². The Morgan fingerprint density at radius 3 is 2.04 bits per heavy atom. The van der Waals surface area contributed by atoms with Gasteiger partial charge in [0.05, 0.1) is 10.9 Å². The molecule has 2 aromatic carbocycles. The fourth-order valence-electron chi connectivity index (χ4n) is 2.59. The van der Waals surface area contributed by atoms with Gasteiger partial charge in [-0.1, -0.05) is 54.4 Å². The van der Waals surface area contributed by atoms with Crippen LogP contribution in [0.4, 0.5) is 0 Å². The lowest BCUT2D eigenvalue weighted by atomic mass is 10.0. The van der Waals surface area contributed by atoms with Gasteiger partial charge in [0.2, 0.25) is 15.9 Å². The number of benzene rings is 2. The first-order valence-electron chi connectivity index (χ1n) is 8.74. The molecule has 0 unspecified atom stereocenters. The summed E-state index contributed by atoms with van der Waals surface area (Å²) in [6, 6.07) is 14.6. The van der Waals surface area contributed by atoms with E-state index < -0.39 is 10.0 Å². The number of carbonyl (C=O) groups excluding carboxylic acids is 1. The molecular formula is C20H26N2O3S. The third-order valence-electron chi connectivity index (χ3n) is 4.20. The predicted octanol–water partition coefficient (Wildman–Crippen LogP) is 3.24. The quantitative estimate of drug-likeness (QED) is 0.745. The average Bonchev–Trinajstić information content (AvgIpc) is 2.61. The van der Waals surface area contributed by atoms with Crippen LogP contribution in [0.1, 0.15) is 42.5 Å². The second-order valence-electron chi connectivity index (χ2n) is 6.40. The molecule has 1 amide bonds. The fraction of sp³-hybridized carbons (Fsp3) is 0.350. The molecular weight excluding hydrogens is 348 g/mol. The van der Waals surface area contributed by atoms with Crippen molar-refractivity contribution >= 4 is 15.9 Å². The monoisotopic (exact) mass is 374 g/mol. The van der Waals surface area contributed by atoms with Crippen molar-refractivity contribution in [1.82, 2.24) is 10.0 Å². The van der Waals surface area contributed by atoms with Crippen LogP contribution in [0.5, 0.6) is 0 Å². The lowest BCUT2D eigenvalue weighted by Crippen LogP contribution is -2.32. The van der Waals surface area contributed by atoms with E-state index in [4.69, 9.17) is 0 Å². The first kappa shape index (κ1) is 20.1. The highest BCUT2D eigenvalue weighted by Crippen LogP contribution is 2.17. The molecule has 2 rings (SSSR count). The van der Waals surface area contributed by atoms with E-state index >= 15 is 0 Å². The van der Waals surface area contributed by atoms with E-state index in [0.29, 0.717) is 0 Å². The van der Waals surface area contributed by atoms with Crippen LogP contribution in [-0.2, 0) is 14.8 Å². The molecule has 140 valence electrons. The molecule has 0 aromatic heterocycles. The highest BCUT2D eigenvalue weighted by molar-refractivity contribution is 7.89. The summed E-state index contributed by atoms with van der Waals surface area (Å²) in [6.07, 6.45) is 0.858. The maximum atomic E-state index is 12.2. The number of rotatable bonds is 8. The minimum Gasteiger partial charge on any atom is -0.349 e. The molecule has 0 aliphatic carbocycles. The first-order valence-corrected chi connectivity index (χ1v) is 10.2. The molecule has 0 heterocycles. The normalized spacial score (nSPS) is 12.6. The van der Waals surface area contributed by atoms with Gasteiger partial charge in [-0.25, -0.2) is 13.1 Å².